The number of carbonyl (C=O) groups excluding carboxylic acids is 3. The number of esters is 1. The van der Waals surface area contributed by atoms with E-state index in [1.54, 1.807) is 11.8 Å². The third-order valence-corrected chi connectivity index (χ3v) is 5.12. The van der Waals surface area contributed by atoms with Gasteiger partial charge in [-0.25, -0.2) is 0 Å². The lowest BCUT2D eigenvalue weighted by Gasteiger charge is -2.32. The molecule has 1 N–H and O–H groups in total. The van der Waals surface area contributed by atoms with E-state index in [-0.39, 0.29) is 30.1 Å². The Labute approximate surface area is 158 Å². The summed E-state index contributed by atoms with van der Waals surface area (Å²) in [4.78, 5) is 37.4. The molecule has 1 aliphatic carbocycles. The summed E-state index contributed by atoms with van der Waals surface area (Å²) in [5.74, 6) is 0.527. The second-order valence-corrected chi connectivity index (χ2v) is 7.22. The summed E-state index contributed by atoms with van der Waals surface area (Å²) in [6.07, 6.45) is 8.07. The largest absolute Gasteiger partial charge is 0.466 e. The van der Waals surface area contributed by atoms with Crippen molar-refractivity contribution >= 4 is 17.8 Å². The molecule has 1 rings (SSSR count). The van der Waals surface area contributed by atoms with Crippen LogP contribution in [0.15, 0.2) is 0 Å². The van der Waals surface area contributed by atoms with Gasteiger partial charge in [0.25, 0.3) is 0 Å². The van der Waals surface area contributed by atoms with Crippen molar-refractivity contribution < 1.29 is 19.1 Å². The normalized spacial score (nSPS) is 19.7. The van der Waals surface area contributed by atoms with Gasteiger partial charge in [0.2, 0.25) is 11.8 Å². The highest BCUT2D eigenvalue weighted by atomic mass is 16.5. The van der Waals surface area contributed by atoms with Crippen LogP contribution in [0.4, 0.5) is 0 Å². The molecule has 0 saturated heterocycles. The summed E-state index contributed by atoms with van der Waals surface area (Å²) in [7, 11) is 0. The summed E-state index contributed by atoms with van der Waals surface area (Å²) < 4.78 is 4.97. The molecular formula is C20H36N2O4. The molecule has 1 saturated carbocycles. The molecule has 6 nitrogen and oxygen atoms in total. The van der Waals surface area contributed by atoms with Gasteiger partial charge in [0.1, 0.15) is 0 Å². The maximum Gasteiger partial charge on any atom is 0.307 e. The zero-order valence-electron chi connectivity index (χ0n) is 16.7. The number of rotatable bonds is 11. The quantitative estimate of drug-likeness (QED) is 0.569. The average Bonchev–Trinajstić information content (AvgIpc) is 2.62. The molecule has 0 atom stereocenters. The molecule has 26 heavy (non-hydrogen) atoms. The average molecular weight is 369 g/mol. The van der Waals surface area contributed by atoms with Crippen molar-refractivity contribution in [2.24, 2.45) is 11.8 Å². The minimum atomic E-state index is -0.284. The van der Waals surface area contributed by atoms with Crippen molar-refractivity contribution in [1.82, 2.24) is 10.2 Å². The van der Waals surface area contributed by atoms with Gasteiger partial charge < -0.3 is 15.0 Å². The Hall–Kier alpha value is -1.59. The van der Waals surface area contributed by atoms with E-state index in [0.29, 0.717) is 26.2 Å². The number of amides is 2. The highest BCUT2D eigenvalue weighted by Crippen LogP contribution is 2.32. The molecule has 0 bridgehead atoms. The first-order valence-electron chi connectivity index (χ1n) is 10.2. The van der Waals surface area contributed by atoms with Gasteiger partial charge in [0, 0.05) is 32.5 Å². The maximum atomic E-state index is 12.9. The van der Waals surface area contributed by atoms with Crippen molar-refractivity contribution in [3.05, 3.63) is 0 Å². The van der Waals surface area contributed by atoms with Crippen LogP contribution in [0.2, 0.25) is 0 Å². The molecule has 1 fully saturated rings. The summed E-state index contributed by atoms with van der Waals surface area (Å²) in [5, 5.41) is 2.73. The Morgan fingerprint density at radius 3 is 2.35 bits per heavy atom. The van der Waals surface area contributed by atoms with Gasteiger partial charge in [-0.05, 0) is 38.5 Å². The number of carbonyl (C=O) groups is 3. The summed E-state index contributed by atoms with van der Waals surface area (Å²) in [6.45, 7) is 7.00. The molecule has 0 aromatic heterocycles. The number of unbranched alkanes of at least 4 members (excludes halogenated alkanes) is 1. The predicted octanol–water partition coefficient (Wildman–Crippen LogP) is 2.90. The Bertz CT molecular complexity index is 445. The van der Waals surface area contributed by atoms with Crippen LogP contribution in [0.25, 0.3) is 0 Å². The third kappa shape index (κ3) is 8.68. The topological polar surface area (TPSA) is 75.7 Å². The molecular weight excluding hydrogens is 332 g/mol. The van der Waals surface area contributed by atoms with Gasteiger partial charge in [-0.3, -0.25) is 14.4 Å². The lowest BCUT2D eigenvalue weighted by molar-refractivity contribution is -0.145. The Morgan fingerprint density at radius 1 is 1.08 bits per heavy atom. The lowest BCUT2D eigenvalue weighted by atomic mass is 9.79. The molecule has 150 valence electrons. The van der Waals surface area contributed by atoms with Gasteiger partial charge in [0.15, 0.2) is 0 Å². The highest BCUT2D eigenvalue weighted by molar-refractivity contribution is 5.80. The zero-order valence-corrected chi connectivity index (χ0v) is 16.7. The SMILES string of the molecule is CCCCC1CCC(C(=O)N(CCNC(C)=O)CCC(=O)OCC)CC1. The van der Waals surface area contributed by atoms with Crippen LogP contribution in [-0.4, -0.2) is 48.9 Å². The van der Waals surface area contributed by atoms with Gasteiger partial charge in [-0.1, -0.05) is 26.2 Å². The van der Waals surface area contributed by atoms with E-state index in [2.05, 4.69) is 12.2 Å². The van der Waals surface area contributed by atoms with E-state index in [0.717, 1.165) is 31.6 Å². The van der Waals surface area contributed by atoms with Crippen LogP contribution < -0.4 is 5.32 Å². The molecule has 0 aromatic carbocycles. The first kappa shape index (κ1) is 22.5. The van der Waals surface area contributed by atoms with Gasteiger partial charge >= 0.3 is 5.97 Å². The molecule has 1 aliphatic rings. The third-order valence-electron chi connectivity index (χ3n) is 5.12. The van der Waals surface area contributed by atoms with Crippen molar-refractivity contribution in [1.29, 1.82) is 0 Å². The molecule has 6 heteroatoms. The lowest BCUT2D eigenvalue weighted by Crippen LogP contribution is -2.43. The Kier molecular flexibility index (Phi) is 11.0. The van der Waals surface area contributed by atoms with Gasteiger partial charge in [-0.15, -0.1) is 0 Å². The monoisotopic (exact) mass is 368 g/mol. The van der Waals surface area contributed by atoms with Crippen LogP contribution in [-0.2, 0) is 19.1 Å². The molecule has 0 unspecified atom stereocenters. The van der Waals surface area contributed by atoms with Gasteiger partial charge in [-0.2, -0.15) is 0 Å². The van der Waals surface area contributed by atoms with Crippen molar-refractivity contribution in [2.45, 2.75) is 72.1 Å². The van der Waals surface area contributed by atoms with Crippen molar-refractivity contribution in [2.75, 3.05) is 26.2 Å². The number of hydrogen-bond acceptors (Lipinski definition) is 4. The number of hydrogen-bond donors (Lipinski definition) is 1. The minimum Gasteiger partial charge on any atom is -0.466 e. The summed E-state index contributed by atoms with van der Waals surface area (Å²) in [6, 6.07) is 0. The highest BCUT2D eigenvalue weighted by Gasteiger charge is 2.29. The van der Waals surface area contributed by atoms with E-state index in [1.807, 2.05) is 0 Å². The molecule has 0 aromatic rings. The minimum absolute atomic E-state index is 0.0485. The molecule has 0 spiro atoms. The Morgan fingerprint density at radius 2 is 1.77 bits per heavy atom. The van der Waals surface area contributed by atoms with E-state index in [4.69, 9.17) is 4.74 Å². The first-order chi connectivity index (χ1) is 12.5. The van der Waals surface area contributed by atoms with Crippen LogP contribution in [0.5, 0.6) is 0 Å². The number of nitrogens with one attached hydrogen (secondary N) is 1. The smallest absolute Gasteiger partial charge is 0.307 e. The zero-order chi connectivity index (χ0) is 19.4. The standard InChI is InChI=1S/C20H36N2O4/c1-4-6-7-17-8-10-18(11-9-17)20(25)22(15-13-21-16(3)23)14-12-19(24)26-5-2/h17-18H,4-15H2,1-3H3,(H,21,23). The second-order valence-electron chi connectivity index (χ2n) is 7.22. The fourth-order valence-corrected chi connectivity index (χ4v) is 3.61. The van der Waals surface area contributed by atoms with Crippen molar-refractivity contribution in [3.63, 3.8) is 0 Å². The Balaban J connectivity index is 2.53. The second kappa shape index (κ2) is 12.7. The van der Waals surface area contributed by atoms with Gasteiger partial charge in [0.05, 0.1) is 13.0 Å². The maximum absolute atomic E-state index is 12.9. The predicted molar refractivity (Wildman–Crippen MR) is 101 cm³/mol. The van der Waals surface area contributed by atoms with E-state index in [9.17, 15) is 14.4 Å². The van der Waals surface area contributed by atoms with E-state index < -0.39 is 0 Å². The van der Waals surface area contributed by atoms with E-state index in [1.165, 1.54) is 26.2 Å². The van der Waals surface area contributed by atoms with Crippen LogP contribution in [0, 0.1) is 11.8 Å². The number of ether oxygens (including phenoxy) is 1. The number of nitrogens with zero attached hydrogens (tertiary/aromatic N) is 1. The molecule has 0 heterocycles. The van der Waals surface area contributed by atoms with Crippen LogP contribution in [0.1, 0.15) is 72.1 Å². The summed E-state index contributed by atoms with van der Waals surface area (Å²) in [5.41, 5.74) is 0. The summed E-state index contributed by atoms with van der Waals surface area (Å²) >= 11 is 0. The molecule has 2 amide bonds. The first-order valence-corrected chi connectivity index (χ1v) is 10.2. The van der Waals surface area contributed by atoms with Crippen LogP contribution in [0.3, 0.4) is 0 Å². The fraction of sp³-hybridized carbons (Fsp3) is 0.850. The van der Waals surface area contributed by atoms with Crippen molar-refractivity contribution in [3.8, 4) is 0 Å². The fourth-order valence-electron chi connectivity index (χ4n) is 3.61. The molecule has 0 radical (unpaired) electrons. The van der Waals surface area contributed by atoms with E-state index >= 15 is 0 Å². The van der Waals surface area contributed by atoms with Crippen LogP contribution >= 0.6 is 0 Å². The molecule has 0 aliphatic heterocycles.